The SMILES string of the molecule is CCOC(=O)/C=C(/CO)[C@H]1O[C@@H]2OC(C)(C)O[C@@H]2[C@H]1OC(=O)c1ccccc1. The summed E-state index contributed by atoms with van der Waals surface area (Å²) in [5.74, 6) is -2.11. The number of aliphatic hydroxyl groups excluding tert-OH is 1. The lowest BCUT2D eigenvalue weighted by Crippen LogP contribution is -2.40. The summed E-state index contributed by atoms with van der Waals surface area (Å²) in [6.45, 7) is 4.83. The van der Waals surface area contributed by atoms with Gasteiger partial charge in [0.25, 0.3) is 0 Å². The van der Waals surface area contributed by atoms with E-state index in [9.17, 15) is 14.7 Å². The Kier molecular flexibility index (Phi) is 6.14. The monoisotopic (exact) mass is 392 g/mol. The highest BCUT2D eigenvalue weighted by Gasteiger charge is 2.57. The molecule has 3 rings (SSSR count). The number of aliphatic hydroxyl groups is 1. The fraction of sp³-hybridized carbons (Fsp3) is 0.500. The van der Waals surface area contributed by atoms with Crippen molar-refractivity contribution in [3.8, 4) is 0 Å². The van der Waals surface area contributed by atoms with Crippen LogP contribution in [0.2, 0.25) is 0 Å². The molecule has 2 saturated heterocycles. The van der Waals surface area contributed by atoms with E-state index in [1.165, 1.54) is 0 Å². The van der Waals surface area contributed by atoms with E-state index in [1.807, 2.05) is 0 Å². The van der Waals surface area contributed by atoms with E-state index in [2.05, 4.69) is 0 Å². The molecule has 0 bridgehead atoms. The summed E-state index contributed by atoms with van der Waals surface area (Å²) in [5, 5.41) is 9.76. The first-order valence-corrected chi connectivity index (χ1v) is 9.10. The maximum Gasteiger partial charge on any atom is 0.338 e. The molecule has 8 nitrogen and oxygen atoms in total. The van der Waals surface area contributed by atoms with Crippen molar-refractivity contribution in [2.75, 3.05) is 13.2 Å². The van der Waals surface area contributed by atoms with Crippen LogP contribution in [0.4, 0.5) is 0 Å². The Morgan fingerprint density at radius 1 is 1.21 bits per heavy atom. The molecule has 4 atom stereocenters. The van der Waals surface area contributed by atoms with Gasteiger partial charge in [-0.25, -0.2) is 9.59 Å². The lowest BCUT2D eigenvalue weighted by atomic mass is 10.0. The minimum absolute atomic E-state index is 0.192. The zero-order valence-electron chi connectivity index (χ0n) is 16.0. The van der Waals surface area contributed by atoms with Gasteiger partial charge in [-0.15, -0.1) is 0 Å². The van der Waals surface area contributed by atoms with Crippen molar-refractivity contribution in [2.24, 2.45) is 0 Å². The second-order valence-electron chi connectivity index (χ2n) is 6.89. The van der Waals surface area contributed by atoms with Crippen molar-refractivity contribution in [1.29, 1.82) is 0 Å². The molecule has 0 aromatic heterocycles. The Labute approximate surface area is 163 Å². The third-order valence-corrected chi connectivity index (χ3v) is 4.38. The number of rotatable bonds is 6. The topological polar surface area (TPSA) is 101 Å². The molecule has 1 N–H and O–H groups in total. The lowest BCUT2D eigenvalue weighted by molar-refractivity contribution is -0.211. The van der Waals surface area contributed by atoms with Gasteiger partial charge in [0.1, 0.15) is 6.10 Å². The number of carbonyl (C=O) groups is 2. The third kappa shape index (κ3) is 4.41. The van der Waals surface area contributed by atoms with Crippen LogP contribution in [0, 0.1) is 0 Å². The molecule has 0 saturated carbocycles. The third-order valence-electron chi connectivity index (χ3n) is 4.38. The highest BCUT2D eigenvalue weighted by Crippen LogP contribution is 2.41. The fourth-order valence-corrected chi connectivity index (χ4v) is 3.23. The molecular weight excluding hydrogens is 368 g/mol. The average Bonchev–Trinajstić information content (AvgIpc) is 3.13. The van der Waals surface area contributed by atoms with Gasteiger partial charge < -0.3 is 28.8 Å². The van der Waals surface area contributed by atoms with Crippen molar-refractivity contribution in [2.45, 2.75) is 51.2 Å². The quantitative estimate of drug-likeness (QED) is 0.575. The van der Waals surface area contributed by atoms with E-state index >= 15 is 0 Å². The zero-order chi connectivity index (χ0) is 20.3. The lowest BCUT2D eigenvalue weighted by Gasteiger charge is -2.26. The Morgan fingerprint density at radius 2 is 1.93 bits per heavy atom. The van der Waals surface area contributed by atoms with Crippen molar-refractivity contribution < 1.29 is 38.4 Å². The van der Waals surface area contributed by atoms with E-state index in [0.29, 0.717) is 5.56 Å². The van der Waals surface area contributed by atoms with Gasteiger partial charge in [-0.3, -0.25) is 0 Å². The van der Waals surface area contributed by atoms with Crippen LogP contribution in [0.1, 0.15) is 31.1 Å². The van der Waals surface area contributed by atoms with E-state index < -0.39 is 48.9 Å². The molecule has 2 aliphatic heterocycles. The molecule has 0 spiro atoms. The molecule has 8 heteroatoms. The first-order chi connectivity index (χ1) is 13.3. The van der Waals surface area contributed by atoms with Crippen molar-refractivity contribution in [1.82, 2.24) is 0 Å². The second-order valence-corrected chi connectivity index (χ2v) is 6.89. The normalized spacial score (nSPS) is 28.6. The van der Waals surface area contributed by atoms with E-state index in [1.54, 1.807) is 51.1 Å². The van der Waals surface area contributed by atoms with E-state index in [0.717, 1.165) is 6.08 Å². The first-order valence-electron chi connectivity index (χ1n) is 9.10. The summed E-state index contributed by atoms with van der Waals surface area (Å²) in [4.78, 5) is 24.4. The van der Waals surface area contributed by atoms with E-state index in [-0.39, 0.29) is 12.2 Å². The van der Waals surface area contributed by atoms with Gasteiger partial charge in [-0.2, -0.15) is 0 Å². The molecule has 0 amide bonds. The Morgan fingerprint density at radius 3 is 2.57 bits per heavy atom. The van der Waals surface area contributed by atoms with Gasteiger partial charge >= 0.3 is 11.9 Å². The van der Waals surface area contributed by atoms with Gasteiger partial charge in [0.2, 0.25) is 0 Å². The standard InChI is InChI=1S/C20H24O8/c1-4-24-14(22)10-13(11-21)15-16(17-19(26-15)28-20(2,3)27-17)25-18(23)12-8-6-5-7-9-12/h5-10,15-17,19,21H,4,11H2,1-3H3/b13-10-/t15-,16+,17-,19-/m1/s1. The van der Waals surface area contributed by atoms with Crippen LogP contribution in [0.3, 0.4) is 0 Å². The molecule has 1 aromatic rings. The van der Waals surface area contributed by atoms with Crippen molar-refractivity contribution in [3.05, 3.63) is 47.5 Å². The highest BCUT2D eigenvalue weighted by atomic mass is 16.8. The fourth-order valence-electron chi connectivity index (χ4n) is 3.23. The minimum atomic E-state index is -0.915. The average molecular weight is 392 g/mol. The molecule has 2 fully saturated rings. The van der Waals surface area contributed by atoms with Crippen LogP contribution < -0.4 is 0 Å². The summed E-state index contributed by atoms with van der Waals surface area (Å²) in [6.07, 6.45) is -2.18. The van der Waals surface area contributed by atoms with Gasteiger partial charge in [-0.05, 0) is 38.5 Å². The number of esters is 2. The molecule has 28 heavy (non-hydrogen) atoms. The number of fused-ring (bicyclic) bond motifs is 1. The van der Waals surface area contributed by atoms with Crippen molar-refractivity contribution in [3.63, 3.8) is 0 Å². The first kappa shape index (κ1) is 20.5. The van der Waals surface area contributed by atoms with Crippen LogP contribution in [-0.2, 0) is 28.5 Å². The molecule has 0 aliphatic carbocycles. The maximum absolute atomic E-state index is 12.6. The number of carbonyl (C=O) groups excluding carboxylic acids is 2. The summed E-state index contributed by atoms with van der Waals surface area (Å²) in [6, 6.07) is 8.49. The Hall–Kier alpha value is -2.26. The van der Waals surface area contributed by atoms with Crippen LogP contribution in [0.25, 0.3) is 0 Å². The summed E-state index contributed by atoms with van der Waals surface area (Å²) in [5.41, 5.74) is 0.575. The number of hydrogen-bond donors (Lipinski definition) is 1. The molecule has 2 heterocycles. The van der Waals surface area contributed by atoms with Gasteiger partial charge in [0.05, 0.1) is 18.8 Å². The highest BCUT2D eigenvalue weighted by molar-refractivity contribution is 5.89. The summed E-state index contributed by atoms with van der Waals surface area (Å²) >= 11 is 0. The summed E-state index contributed by atoms with van der Waals surface area (Å²) < 4.78 is 28.0. The maximum atomic E-state index is 12.6. The van der Waals surface area contributed by atoms with Crippen LogP contribution >= 0.6 is 0 Å². The smallest absolute Gasteiger partial charge is 0.338 e. The van der Waals surface area contributed by atoms with Crippen LogP contribution in [-0.4, -0.2) is 60.6 Å². The predicted molar refractivity (Wildman–Crippen MR) is 96.1 cm³/mol. The van der Waals surface area contributed by atoms with Crippen LogP contribution in [0.15, 0.2) is 42.0 Å². The predicted octanol–water partition coefficient (Wildman–Crippen LogP) is 1.57. The Balaban J connectivity index is 1.86. The van der Waals surface area contributed by atoms with E-state index in [4.69, 9.17) is 23.7 Å². The van der Waals surface area contributed by atoms with Gasteiger partial charge in [0, 0.05) is 6.08 Å². The zero-order valence-corrected chi connectivity index (χ0v) is 16.0. The van der Waals surface area contributed by atoms with Crippen molar-refractivity contribution >= 4 is 11.9 Å². The number of benzene rings is 1. The molecule has 0 radical (unpaired) electrons. The molecular formula is C20H24O8. The number of ether oxygens (including phenoxy) is 5. The molecule has 1 aromatic carbocycles. The van der Waals surface area contributed by atoms with Crippen LogP contribution in [0.5, 0.6) is 0 Å². The Bertz CT molecular complexity index is 742. The van der Waals surface area contributed by atoms with Gasteiger partial charge in [0.15, 0.2) is 24.3 Å². The molecule has 0 unspecified atom stereocenters. The minimum Gasteiger partial charge on any atom is -0.463 e. The summed E-state index contributed by atoms with van der Waals surface area (Å²) in [7, 11) is 0. The molecule has 152 valence electrons. The largest absolute Gasteiger partial charge is 0.463 e. The van der Waals surface area contributed by atoms with Gasteiger partial charge in [-0.1, -0.05) is 18.2 Å². The molecule has 2 aliphatic rings. The second kappa shape index (κ2) is 8.40. The number of hydrogen-bond acceptors (Lipinski definition) is 8.